The Balaban J connectivity index is 2.11. The van der Waals surface area contributed by atoms with Crippen molar-refractivity contribution in [1.82, 2.24) is 4.57 Å². The molecular formula is C27H27NO5. The smallest absolute Gasteiger partial charge is 0.310 e. The van der Waals surface area contributed by atoms with Crippen LogP contribution < -0.4 is 5.56 Å². The number of hydrogen-bond donors (Lipinski definition) is 1. The van der Waals surface area contributed by atoms with E-state index in [0.29, 0.717) is 36.1 Å². The molecule has 0 bridgehead atoms. The Morgan fingerprint density at radius 3 is 2.30 bits per heavy atom. The van der Waals surface area contributed by atoms with Crippen LogP contribution in [-0.4, -0.2) is 28.7 Å². The van der Waals surface area contributed by atoms with E-state index >= 15 is 0 Å². The molecule has 0 amide bonds. The van der Waals surface area contributed by atoms with Gasteiger partial charge in [-0.05, 0) is 35.1 Å². The van der Waals surface area contributed by atoms with Crippen molar-refractivity contribution in [3.63, 3.8) is 0 Å². The first-order valence-electron chi connectivity index (χ1n) is 10.8. The molecule has 6 nitrogen and oxygen atoms in total. The fourth-order valence-corrected chi connectivity index (χ4v) is 3.67. The summed E-state index contributed by atoms with van der Waals surface area (Å²) in [5.41, 5.74) is 3.52. The first-order chi connectivity index (χ1) is 16.0. The van der Waals surface area contributed by atoms with Crippen molar-refractivity contribution >= 4 is 24.1 Å². The van der Waals surface area contributed by atoms with Gasteiger partial charge in [0.25, 0.3) is 5.56 Å². The SMILES string of the molecule is COC(=O)Cc1cn(Cc2ccccc2)c(=O)c(CCCC(=O)O)c1/C=C/c1ccccc1. The summed E-state index contributed by atoms with van der Waals surface area (Å²) in [6.45, 7) is 0.350. The molecule has 0 unspecified atom stereocenters. The molecule has 0 fully saturated rings. The number of methoxy groups -OCH3 is 1. The molecule has 0 atom stereocenters. The van der Waals surface area contributed by atoms with Gasteiger partial charge in [0.1, 0.15) is 0 Å². The van der Waals surface area contributed by atoms with Crippen molar-refractivity contribution in [3.05, 3.63) is 105 Å². The summed E-state index contributed by atoms with van der Waals surface area (Å²) in [6.07, 6.45) is 6.01. The molecule has 3 aromatic rings. The second kappa shape index (κ2) is 11.6. The first kappa shape index (κ1) is 23.7. The van der Waals surface area contributed by atoms with Crippen molar-refractivity contribution in [3.8, 4) is 0 Å². The maximum absolute atomic E-state index is 13.5. The van der Waals surface area contributed by atoms with Crippen LogP contribution in [-0.2, 0) is 33.7 Å². The number of carboxylic acids is 1. The third kappa shape index (κ3) is 6.77. The highest BCUT2D eigenvalue weighted by Gasteiger charge is 2.17. The minimum Gasteiger partial charge on any atom is -0.481 e. The number of rotatable bonds is 10. The number of aliphatic carboxylic acids is 1. The van der Waals surface area contributed by atoms with Crippen molar-refractivity contribution in [2.75, 3.05) is 7.11 Å². The van der Waals surface area contributed by atoms with Crippen molar-refractivity contribution in [2.24, 2.45) is 0 Å². The lowest BCUT2D eigenvalue weighted by molar-refractivity contribution is -0.140. The Morgan fingerprint density at radius 2 is 1.67 bits per heavy atom. The van der Waals surface area contributed by atoms with E-state index in [1.165, 1.54) is 7.11 Å². The fourth-order valence-electron chi connectivity index (χ4n) is 3.67. The van der Waals surface area contributed by atoms with E-state index in [1.54, 1.807) is 10.8 Å². The number of benzene rings is 2. The summed E-state index contributed by atoms with van der Waals surface area (Å²) in [5, 5.41) is 9.08. The monoisotopic (exact) mass is 445 g/mol. The van der Waals surface area contributed by atoms with E-state index in [0.717, 1.165) is 11.1 Å². The minimum absolute atomic E-state index is 0.00592. The zero-order valence-corrected chi connectivity index (χ0v) is 18.6. The molecule has 0 saturated carbocycles. The molecule has 0 aliphatic rings. The largest absolute Gasteiger partial charge is 0.481 e. The molecule has 3 rings (SSSR count). The average molecular weight is 446 g/mol. The Hall–Kier alpha value is -3.93. The minimum atomic E-state index is -0.910. The quantitative estimate of drug-likeness (QED) is 0.473. The summed E-state index contributed by atoms with van der Waals surface area (Å²) in [5.74, 6) is -1.32. The lowest BCUT2D eigenvalue weighted by Gasteiger charge is -2.16. The van der Waals surface area contributed by atoms with Gasteiger partial charge >= 0.3 is 11.9 Å². The zero-order valence-electron chi connectivity index (χ0n) is 18.6. The first-order valence-corrected chi connectivity index (χ1v) is 10.8. The Kier molecular flexibility index (Phi) is 8.36. The molecule has 0 radical (unpaired) electrons. The van der Waals surface area contributed by atoms with Gasteiger partial charge in [0, 0.05) is 18.2 Å². The Bertz CT molecular complexity index is 1180. The highest BCUT2D eigenvalue weighted by atomic mass is 16.5. The second-order valence-corrected chi connectivity index (χ2v) is 7.71. The summed E-state index contributed by atoms with van der Waals surface area (Å²) < 4.78 is 6.47. The van der Waals surface area contributed by atoms with E-state index in [1.807, 2.05) is 72.8 Å². The van der Waals surface area contributed by atoms with Gasteiger partial charge in [0.2, 0.25) is 0 Å². The maximum atomic E-state index is 13.5. The van der Waals surface area contributed by atoms with Gasteiger partial charge in [-0.15, -0.1) is 0 Å². The average Bonchev–Trinajstić information content (AvgIpc) is 2.82. The lowest BCUT2D eigenvalue weighted by Crippen LogP contribution is -2.27. The second-order valence-electron chi connectivity index (χ2n) is 7.71. The zero-order chi connectivity index (χ0) is 23.6. The van der Waals surface area contributed by atoms with Crippen LogP contribution in [0.5, 0.6) is 0 Å². The number of nitrogens with zero attached hydrogens (tertiary/aromatic N) is 1. The lowest BCUT2D eigenvalue weighted by atomic mass is 9.96. The summed E-state index contributed by atoms with van der Waals surface area (Å²) in [6, 6.07) is 19.2. The number of aromatic nitrogens is 1. The molecule has 2 aromatic carbocycles. The number of carbonyl (C=O) groups is 2. The van der Waals surface area contributed by atoms with Crippen LogP contribution in [0.1, 0.15) is 40.7 Å². The van der Waals surface area contributed by atoms with Crippen LogP contribution in [0, 0.1) is 0 Å². The van der Waals surface area contributed by atoms with Crippen LogP contribution >= 0.6 is 0 Å². The van der Waals surface area contributed by atoms with Crippen LogP contribution in [0.2, 0.25) is 0 Å². The van der Waals surface area contributed by atoms with Crippen LogP contribution in [0.3, 0.4) is 0 Å². The summed E-state index contributed by atoms with van der Waals surface area (Å²) >= 11 is 0. The molecule has 1 aromatic heterocycles. The molecule has 6 heteroatoms. The maximum Gasteiger partial charge on any atom is 0.310 e. The molecule has 170 valence electrons. The molecule has 0 spiro atoms. The molecule has 33 heavy (non-hydrogen) atoms. The van der Waals surface area contributed by atoms with Crippen LogP contribution in [0.4, 0.5) is 0 Å². The van der Waals surface area contributed by atoms with E-state index in [4.69, 9.17) is 9.84 Å². The van der Waals surface area contributed by atoms with Gasteiger partial charge in [0.15, 0.2) is 0 Å². The molecular weight excluding hydrogens is 418 g/mol. The summed E-state index contributed by atoms with van der Waals surface area (Å²) in [4.78, 5) is 36.7. The molecule has 0 saturated heterocycles. The number of ether oxygens (including phenoxy) is 1. The van der Waals surface area contributed by atoms with E-state index in [2.05, 4.69) is 0 Å². The molecule has 0 aliphatic carbocycles. The van der Waals surface area contributed by atoms with Gasteiger partial charge in [-0.3, -0.25) is 14.4 Å². The topological polar surface area (TPSA) is 85.6 Å². The Morgan fingerprint density at radius 1 is 1.00 bits per heavy atom. The number of hydrogen-bond acceptors (Lipinski definition) is 4. The van der Waals surface area contributed by atoms with Crippen LogP contribution in [0.15, 0.2) is 71.7 Å². The van der Waals surface area contributed by atoms with Gasteiger partial charge < -0.3 is 14.4 Å². The molecule has 1 heterocycles. The predicted octanol–water partition coefficient (Wildman–Crippen LogP) is 4.19. The van der Waals surface area contributed by atoms with Gasteiger partial charge in [-0.1, -0.05) is 72.8 Å². The highest BCUT2D eigenvalue weighted by Crippen LogP contribution is 2.20. The third-order valence-corrected chi connectivity index (χ3v) is 5.32. The van der Waals surface area contributed by atoms with Crippen molar-refractivity contribution < 1.29 is 19.4 Å². The van der Waals surface area contributed by atoms with E-state index in [-0.39, 0.29) is 18.4 Å². The number of carboxylic acid groups (broad SMARTS) is 1. The van der Waals surface area contributed by atoms with Gasteiger partial charge in [0.05, 0.1) is 20.1 Å². The normalized spacial score (nSPS) is 10.9. The van der Waals surface area contributed by atoms with Gasteiger partial charge in [-0.2, -0.15) is 0 Å². The number of carbonyl (C=O) groups excluding carboxylic acids is 1. The molecule has 0 aliphatic heterocycles. The van der Waals surface area contributed by atoms with Crippen molar-refractivity contribution in [1.29, 1.82) is 0 Å². The van der Waals surface area contributed by atoms with Crippen molar-refractivity contribution in [2.45, 2.75) is 32.2 Å². The fraction of sp³-hybridized carbons (Fsp3) is 0.222. The van der Waals surface area contributed by atoms with E-state index in [9.17, 15) is 14.4 Å². The van der Waals surface area contributed by atoms with Crippen LogP contribution in [0.25, 0.3) is 12.2 Å². The van der Waals surface area contributed by atoms with Gasteiger partial charge in [-0.25, -0.2) is 0 Å². The highest BCUT2D eigenvalue weighted by molar-refractivity contribution is 5.78. The summed E-state index contributed by atoms with van der Waals surface area (Å²) in [7, 11) is 1.33. The number of esters is 1. The third-order valence-electron chi connectivity index (χ3n) is 5.32. The predicted molar refractivity (Wildman–Crippen MR) is 128 cm³/mol. The number of pyridine rings is 1. The Labute approximate surface area is 192 Å². The standard InChI is InChI=1S/C27H27NO5/c1-33-26(31)17-22-19-28(18-21-11-6-3-7-12-21)27(32)24(13-8-14-25(29)30)23(22)16-15-20-9-4-2-5-10-20/h2-7,9-12,15-16,19H,8,13-14,17-18H2,1H3,(H,29,30)/b16-15+. The van der Waals surface area contributed by atoms with E-state index < -0.39 is 11.9 Å². The molecule has 1 N–H and O–H groups in total.